The Hall–Kier alpha value is -2.57. The highest BCUT2D eigenvalue weighted by atomic mass is 16.6. The molecular formula is C16H21N3O4. The van der Waals surface area contributed by atoms with E-state index in [9.17, 15) is 9.59 Å². The lowest BCUT2D eigenvalue weighted by Crippen LogP contribution is -2.50. The molecule has 7 heteroatoms. The van der Waals surface area contributed by atoms with E-state index in [0.29, 0.717) is 23.9 Å². The van der Waals surface area contributed by atoms with E-state index in [-0.39, 0.29) is 12.5 Å². The van der Waals surface area contributed by atoms with Crippen LogP contribution in [0.1, 0.15) is 20.8 Å². The van der Waals surface area contributed by atoms with Crippen molar-refractivity contribution in [2.75, 3.05) is 30.0 Å². The Labute approximate surface area is 135 Å². The summed E-state index contributed by atoms with van der Waals surface area (Å²) in [6, 6.07) is 3.33. The van der Waals surface area contributed by atoms with E-state index in [0.717, 1.165) is 0 Å². The van der Waals surface area contributed by atoms with E-state index < -0.39 is 11.7 Å². The van der Waals surface area contributed by atoms with Crippen LogP contribution in [0.25, 0.3) is 0 Å². The van der Waals surface area contributed by atoms with Crippen LogP contribution in [0.4, 0.5) is 16.3 Å². The fraction of sp³-hybridized carbons (Fsp3) is 0.438. The SMILES string of the molecule is C=CCN1C(=O)CN(C(=O)OC(C)(C)C)c2ccc(OC)nc21. The van der Waals surface area contributed by atoms with Gasteiger partial charge >= 0.3 is 6.09 Å². The molecule has 0 atom stereocenters. The first-order chi connectivity index (χ1) is 10.8. The second-order valence-electron chi connectivity index (χ2n) is 6.06. The summed E-state index contributed by atoms with van der Waals surface area (Å²) in [6.45, 7) is 9.16. The molecule has 1 aliphatic rings. The molecule has 0 saturated carbocycles. The summed E-state index contributed by atoms with van der Waals surface area (Å²) in [5.41, 5.74) is -0.153. The summed E-state index contributed by atoms with van der Waals surface area (Å²) in [4.78, 5) is 31.8. The third-order valence-corrected chi connectivity index (χ3v) is 3.10. The van der Waals surface area contributed by atoms with Crippen LogP contribution >= 0.6 is 0 Å². The van der Waals surface area contributed by atoms with Gasteiger partial charge in [0, 0.05) is 12.6 Å². The topological polar surface area (TPSA) is 72.0 Å². The molecule has 0 bridgehead atoms. The number of fused-ring (bicyclic) bond motifs is 1. The van der Waals surface area contributed by atoms with E-state index in [2.05, 4.69) is 11.6 Å². The molecule has 0 aromatic carbocycles. The van der Waals surface area contributed by atoms with Crippen molar-refractivity contribution in [3.05, 3.63) is 24.8 Å². The zero-order valence-electron chi connectivity index (χ0n) is 13.8. The number of hydrogen-bond donors (Lipinski definition) is 0. The number of methoxy groups -OCH3 is 1. The molecule has 2 amide bonds. The van der Waals surface area contributed by atoms with Gasteiger partial charge in [-0.15, -0.1) is 6.58 Å². The molecule has 0 fully saturated rings. The van der Waals surface area contributed by atoms with Crippen LogP contribution in [0.15, 0.2) is 24.8 Å². The van der Waals surface area contributed by atoms with Gasteiger partial charge in [0.2, 0.25) is 11.8 Å². The summed E-state index contributed by atoms with van der Waals surface area (Å²) >= 11 is 0. The highest BCUT2D eigenvalue weighted by Gasteiger charge is 2.35. The predicted molar refractivity (Wildman–Crippen MR) is 86.9 cm³/mol. The molecule has 0 aliphatic carbocycles. The smallest absolute Gasteiger partial charge is 0.415 e. The minimum atomic E-state index is -0.654. The quantitative estimate of drug-likeness (QED) is 0.800. The molecule has 0 saturated heterocycles. The van der Waals surface area contributed by atoms with Crippen LogP contribution in [-0.4, -0.2) is 42.8 Å². The largest absolute Gasteiger partial charge is 0.481 e. The fourth-order valence-electron chi connectivity index (χ4n) is 2.17. The molecule has 7 nitrogen and oxygen atoms in total. The maximum atomic E-state index is 12.4. The lowest BCUT2D eigenvalue weighted by molar-refractivity contribution is -0.117. The van der Waals surface area contributed by atoms with Crippen molar-refractivity contribution in [2.24, 2.45) is 0 Å². The maximum Gasteiger partial charge on any atom is 0.415 e. The highest BCUT2D eigenvalue weighted by molar-refractivity contribution is 6.08. The van der Waals surface area contributed by atoms with Crippen LogP contribution in [0.3, 0.4) is 0 Å². The molecule has 2 rings (SSSR count). The third kappa shape index (κ3) is 3.61. The molecule has 0 radical (unpaired) electrons. The molecule has 1 aliphatic heterocycles. The normalized spacial score (nSPS) is 14.3. The van der Waals surface area contributed by atoms with E-state index in [4.69, 9.17) is 9.47 Å². The van der Waals surface area contributed by atoms with Crippen LogP contribution < -0.4 is 14.5 Å². The number of carbonyl (C=O) groups excluding carboxylic acids is 2. The van der Waals surface area contributed by atoms with Gasteiger partial charge in [0.25, 0.3) is 0 Å². The minimum absolute atomic E-state index is 0.107. The average molecular weight is 319 g/mol. The van der Waals surface area contributed by atoms with Gasteiger partial charge in [-0.3, -0.25) is 14.6 Å². The Morgan fingerprint density at radius 2 is 2.13 bits per heavy atom. The molecule has 1 aromatic heterocycles. The van der Waals surface area contributed by atoms with E-state index in [1.54, 1.807) is 39.0 Å². The second-order valence-corrected chi connectivity index (χ2v) is 6.06. The minimum Gasteiger partial charge on any atom is -0.481 e. The van der Waals surface area contributed by atoms with Crippen LogP contribution in [0, 0.1) is 0 Å². The van der Waals surface area contributed by atoms with Crippen LogP contribution in [-0.2, 0) is 9.53 Å². The Bertz CT molecular complexity index is 637. The second kappa shape index (κ2) is 6.28. The molecule has 1 aromatic rings. The van der Waals surface area contributed by atoms with Crippen molar-refractivity contribution in [2.45, 2.75) is 26.4 Å². The summed E-state index contributed by atoms with van der Waals surface area (Å²) in [7, 11) is 1.49. The molecule has 23 heavy (non-hydrogen) atoms. The number of ether oxygens (including phenoxy) is 2. The van der Waals surface area contributed by atoms with Crippen molar-refractivity contribution in [1.29, 1.82) is 0 Å². The van der Waals surface area contributed by atoms with Crippen LogP contribution in [0.2, 0.25) is 0 Å². The van der Waals surface area contributed by atoms with Gasteiger partial charge in [0.1, 0.15) is 12.1 Å². The van der Waals surface area contributed by atoms with Crippen molar-refractivity contribution >= 4 is 23.5 Å². The summed E-state index contributed by atoms with van der Waals surface area (Å²) in [5, 5.41) is 0. The molecule has 0 unspecified atom stereocenters. The van der Waals surface area contributed by atoms with Crippen molar-refractivity contribution in [3.8, 4) is 5.88 Å². The van der Waals surface area contributed by atoms with Gasteiger partial charge in [-0.2, -0.15) is 4.98 Å². The van der Waals surface area contributed by atoms with Crippen molar-refractivity contribution in [1.82, 2.24) is 4.98 Å². The standard InChI is InChI=1S/C16H21N3O4/c1-6-9-18-13(20)10-19(15(21)23-16(2,3)4)11-7-8-12(22-5)17-14(11)18/h6-8H,1,9-10H2,2-5H3. The number of carbonyl (C=O) groups is 2. The van der Waals surface area contributed by atoms with Gasteiger partial charge < -0.3 is 9.47 Å². The number of amides is 2. The summed E-state index contributed by atoms with van der Waals surface area (Å²) in [5.74, 6) is 0.451. The predicted octanol–water partition coefficient (Wildman–Crippen LogP) is 2.36. The Kier molecular flexibility index (Phi) is 4.58. The van der Waals surface area contributed by atoms with Gasteiger partial charge in [-0.05, 0) is 26.8 Å². The van der Waals surface area contributed by atoms with Crippen molar-refractivity contribution in [3.63, 3.8) is 0 Å². The zero-order valence-corrected chi connectivity index (χ0v) is 13.8. The fourth-order valence-corrected chi connectivity index (χ4v) is 2.17. The van der Waals surface area contributed by atoms with Gasteiger partial charge in [-0.1, -0.05) is 6.08 Å². The summed E-state index contributed by atoms with van der Waals surface area (Å²) < 4.78 is 10.5. The first-order valence-corrected chi connectivity index (χ1v) is 7.23. The average Bonchev–Trinajstić information content (AvgIpc) is 2.47. The van der Waals surface area contributed by atoms with Crippen LogP contribution in [0.5, 0.6) is 5.88 Å². The number of rotatable bonds is 3. The third-order valence-electron chi connectivity index (χ3n) is 3.10. The maximum absolute atomic E-state index is 12.4. The first kappa shape index (κ1) is 16.8. The molecule has 0 spiro atoms. The summed E-state index contributed by atoms with van der Waals surface area (Å²) in [6.07, 6.45) is 1.02. The van der Waals surface area contributed by atoms with Gasteiger partial charge in [0.15, 0.2) is 5.82 Å². The van der Waals surface area contributed by atoms with Gasteiger partial charge in [-0.25, -0.2) is 4.79 Å². The molecular weight excluding hydrogens is 298 g/mol. The van der Waals surface area contributed by atoms with E-state index >= 15 is 0 Å². The highest BCUT2D eigenvalue weighted by Crippen LogP contribution is 2.34. The molecule has 124 valence electrons. The van der Waals surface area contributed by atoms with E-state index in [1.807, 2.05) is 0 Å². The van der Waals surface area contributed by atoms with E-state index in [1.165, 1.54) is 16.9 Å². The number of anilines is 2. The molecule has 0 N–H and O–H groups in total. The lowest BCUT2D eigenvalue weighted by Gasteiger charge is -2.35. The Morgan fingerprint density at radius 1 is 1.43 bits per heavy atom. The van der Waals surface area contributed by atoms with Gasteiger partial charge in [0.05, 0.1) is 12.8 Å². The zero-order chi connectivity index (χ0) is 17.2. The number of aromatic nitrogens is 1. The number of pyridine rings is 1. The lowest BCUT2D eigenvalue weighted by atomic mass is 10.2. The Morgan fingerprint density at radius 3 is 2.70 bits per heavy atom. The molecule has 2 heterocycles. The first-order valence-electron chi connectivity index (χ1n) is 7.23. The number of nitrogens with zero attached hydrogens (tertiary/aromatic N) is 3. The number of hydrogen-bond acceptors (Lipinski definition) is 5. The van der Waals surface area contributed by atoms with Crippen molar-refractivity contribution < 1.29 is 19.1 Å². The monoisotopic (exact) mass is 319 g/mol. The Balaban J connectivity index is 2.45.